The summed E-state index contributed by atoms with van der Waals surface area (Å²) in [5, 5.41) is 7.63. The third-order valence-corrected chi connectivity index (χ3v) is 2.06. The highest BCUT2D eigenvalue weighted by Crippen LogP contribution is 2.17. The quantitative estimate of drug-likeness (QED) is 0.595. The van der Waals surface area contributed by atoms with Crippen LogP contribution in [0.25, 0.3) is 0 Å². The Morgan fingerprint density at radius 1 is 1.36 bits per heavy atom. The van der Waals surface area contributed by atoms with Gasteiger partial charge in [-0.05, 0) is 31.4 Å². The number of fused-ring (bicyclic) bond motifs is 1. The topological polar surface area (TPSA) is 36.7 Å². The molecule has 0 fully saturated rings. The molecule has 0 aromatic carbocycles. The van der Waals surface area contributed by atoms with Crippen molar-refractivity contribution in [3.05, 3.63) is 29.6 Å². The molecule has 56 valence electrons. The van der Waals surface area contributed by atoms with Crippen molar-refractivity contribution in [1.82, 2.24) is 4.98 Å². The lowest BCUT2D eigenvalue weighted by Crippen LogP contribution is -2.11. The number of hydrogen-bond donors (Lipinski definition) is 1. The first-order chi connectivity index (χ1) is 5.38. The molecule has 0 saturated carbocycles. The molecule has 0 bridgehead atoms. The lowest BCUT2D eigenvalue weighted by Gasteiger charge is -2.14. The van der Waals surface area contributed by atoms with Gasteiger partial charge in [0.05, 0.1) is 0 Å². The van der Waals surface area contributed by atoms with Crippen molar-refractivity contribution in [2.24, 2.45) is 0 Å². The van der Waals surface area contributed by atoms with Gasteiger partial charge in [-0.3, -0.25) is 4.98 Å². The van der Waals surface area contributed by atoms with E-state index in [9.17, 15) is 0 Å². The molecular formula is C9H10N2. The lowest BCUT2D eigenvalue weighted by molar-refractivity contribution is 0.805. The fourth-order valence-corrected chi connectivity index (χ4v) is 1.48. The van der Waals surface area contributed by atoms with E-state index >= 15 is 0 Å². The standard InChI is InChI=1S/C9H10N2/c10-8-4-1-5-9-7(8)3-2-6-11-9/h2-3,6,10H,1,4-5H2. The Kier molecular flexibility index (Phi) is 1.46. The molecule has 11 heavy (non-hydrogen) atoms. The van der Waals surface area contributed by atoms with Gasteiger partial charge >= 0.3 is 0 Å². The minimum atomic E-state index is 0.749. The van der Waals surface area contributed by atoms with Gasteiger partial charge in [0.2, 0.25) is 0 Å². The molecule has 1 aliphatic rings. The highest BCUT2D eigenvalue weighted by molar-refractivity contribution is 5.99. The maximum absolute atomic E-state index is 7.63. The Hall–Kier alpha value is -1.18. The Balaban J connectivity index is 2.52. The zero-order chi connectivity index (χ0) is 7.68. The van der Waals surface area contributed by atoms with Gasteiger partial charge in [0, 0.05) is 23.2 Å². The van der Waals surface area contributed by atoms with Crippen molar-refractivity contribution < 1.29 is 0 Å². The second-order valence-corrected chi connectivity index (χ2v) is 2.83. The average Bonchev–Trinajstić information content (AvgIpc) is 2.06. The van der Waals surface area contributed by atoms with Crippen LogP contribution in [0.3, 0.4) is 0 Å². The van der Waals surface area contributed by atoms with Crippen molar-refractivity contribution in [3.8, 4) is 0 Å². The van der Waals surface area contributed by atoms with Gasteiger partial charge in [-0.1, -0.05) is 0 Å². The summed E-state index contributed by atoms with van der Waals surface area (Å²) in [5.74, 6) is 0. The van der Waals surface area contributed by atoms with Crippen molar-refractivity contribution >= 4 is 5.71 Å². The summed E-state index contributed by atoms with van der Waals surface area (Å²) in [5.41, 5.74) is 2.90. The SMILES string of the molecule is N=C1CCCc2ncccc21. The third kappa shape index (κ3) is 1.04. The molecule has 0 saturated heterocycles. The fraction of sp³-hybridized carbons (Fsp3) is 0.333. The molecule has 1 N–H and O–H groups in total. The van der Waals surface area contributed by atoms with Gasteiger partial charge in [0.25, 0.3) is 0 Å². The van der Waals surface area contributed by atoms with Crippen LogP contribution in [0.15, 0.2) is 18.3 Å². The largest absolute Gasteiger partial charge is 0.305 e. The molecule has 0 spiro atoms. The summed E-state index contributed by atoms with van der Waals surface area (Å²) in [6.45, 7) is 0. The van der Waals surface area contributed by atoms with Crippen LogP contribution in [-0.4, -0.2) is 10.7 Å². The van der Waals surface area contributed by atoms with E-state index in [-0.39, 0.29) is 0 Å². The second-order valence-electron chi connectivity index (χ2n) is 2.83. The predicted molar refractivity (Wildman–Crippen MR) is 44.0 cm³/mol. The van der Waals surface area contributed by atoms with Gasteiger partial charge in [-0.2, -0.15) is 0 Å². The number of nitrogens with zero attached hydrogens (tertiary/aromatic N) is 1. The number of pyridine rings is 1. The first-order valence-electron chi connectivity index (χ1n) is 3.89. The van der Waals surface area contributed by atoms with Crippen LogP contribution in [0.4, 0.5) is 0 Å². The normalized spacial score (nSPS) is 16.2. The maximum Gasteiger partial charge on any atom is 0.0494 e. The molecule has 0 radical (unpaired) electrons. The Morgan fingerprint density at radius 3 is 3.09 bits per heavy atom. The number of aromatic nitrogens is 1. The van der Waals surface area contributed by atoms with Crippen LogP contribution in [-0.2, 0) is 6.42 Å². The molecule has 2 heteroatoms. The Morgan fingerprint density at radius 2 is 2.27 bits per heavy atom. The van der Waals surface area contributed by atoms with Gasteiger partial charge in [-0.15, -0.1) is 0 Å². The number of nitrogens with one attached hydrogen (secondary N) is 1. The van der Waals surface area contributed by atoms with Crippen LogP contribution in [0.2, 0.25) is 0 Å². The summed E-state index contributed by atoms with van der Waals surface area (Å²) in [6.07, 6.45) is 4.84. The molecule has 1 aromatic rings. The lowest BCUT2D eigenvalue weighted by atomic mass is 9.94. The predicted octanol–water partition coefficient (Wildman–Crippen LogP) is 1.79. The molecule has 0 unspecified atom stereocenters. The van der Waals surface area contributed by atoms with Crippen LogP contribution in [0.1, 0.15) is 24.1 Å². The first-order valence-corrected chi connectivity index (χ1v) is 3.89. The van der Waals surface area contributed by atoms with E-state index in [2.05, 4.69) is 4.98 Å². The molecule has 1 heterocycles. The van der Waals surface area contributed by atoms with Gasteiger partial charge in [-0.25, -0.2) is 0 Å². The van der Waals surface area contributed by atoms with Crippen LogP contribution in [0, 0.1) is 5.41 Å². The molecule has 1 aliphatic carbocycles. The van der Waals surface area contributed by atoms with Gasteiger partial charge < -0.3 is 5.41 Å². The Bertz CT molecular complexity index is 291. The van der Waals surface area contributed by atoms with E-state index in [0.717, 1.165) is 36.2 Å². The smallest absolute Gasteiger partial charge is 0.0494 e. The summed E-state index contributed by atoms with van der Waals surface area (Å²) >= 11 is 0. The minimum absolute atomic E-state index is 0.749. The van der Waals surface area contributed by atoms with E-state index < -0.39 is 0 Å². The molecule has 2 rings (SSSR count). The number of hydrogen-bond acceptors (Lipinski definition) is 2. The van der Waals surface area contributed by atoms with Crippen molar-refractivity contribution in [2.75, 3.05) is 0 Å². The minimum Gasteiger partial charge on any atom is -0.305 e. The van der Waals surface area contributed by atoms with Crippen molar-refractivity contribution in [2.45, 2.75) is 19.3 Å². The van der Waals surface area contributed by atoms with Crippen LogP contribution in [0.5, 0.6) is 0 Å². The zero-order valence-electron chi connectivity index (χ0n) is 6.30. The third-order valence-electron chi connectivity index (χ3n) is 2.06. The van der Waals surface area contributed by atoms with Crippen molar-refractivity contribution in [1.29, 1.82) is 5.41 Å². The summed E-state index contributed by atoms with van der Waals surface area (Å²) in [7, 11) is 0. The van der Waals surface area contributed by atoms with E-state index in [1.54, 1.807) is 6.20 Å². The molecular weight excluding hydrogens is 136 g/mol. The average molecular weight is 146 g/mol. The van der Waals surface area contributed by atoms with Gasteiger partial charge in [0.1, 0.15) is 0 Å². The summed E-state index contributed by atoms with van der Waals surface area (Å²) in [6, 6.07) is 3.89. The van der Waals surface area contributed by atoms with Crippen LogP contribution >= 0.6 is 0 Å². The highest BCUT2D eigenvalue weighted by atomic mass is 14.7. The van der Waals surface area contributed by atoms with E-state index in [1.165, 1.54) is 0 Å². The number of rotatable bonds is 0. The fourth-order valence-electron chi connectivity index (χ4n) is 1.48. The molecule has 2 nitrogen and oxygen atoms in total. The maximum atomic E-state index is 7.63. The summed E-state index contributed by atoms with van der Waals surface area (Å²) < 4.78 is 0. The number of aryl methyl sites for hydroxylation is 1. The summed E-state index contributed by atoms with van der Waals surface area (Å²) in [4.78, 5) is 4.23. The van der Waals surface area contributed by atoms with E-state index in [1.807, 2.05) is 12.1 Å². The van der Waals surface area contributed by atoms with E-state index in [4.69, 9.17) is 5.41 Å². The molecule has 1 aromatic heterocycles. The van der Waals surface area contributed by atoms with Crippen molar-refractivity contribution in [3.63, 3.8) is 0 Å². The zero-order valence-corrected chi connectivity index (χ0v) is 6.30. The molecule has 0 amide bonds. The molecule has 0 aliphatic heterocycles. The monoisotopic (exact) mass is 146 g/mol. The Labute approximate surface area is 65.8 Å². The first kappa shape index (κ1) is 6.53. The van der Waals surface area contributed by atoms with Crippen LogP contribution < -0.4 is 0 Å². The second kappa shape index (κ2) is 2.46. The highest BCUT2D eigenvalue weighted by Gasteiger charge is 2.13. The van der Waals surface area contributed by atoms with Gasteiger partial charge in [0.15, 0.2) is 0 Å². The molecule has 0 atom stereocenters. The van der Waals surface area contributed by atoms with E-state index in [0.29, 0.717) is 0 Å².